The minimum Gasteiger partial charge on any atom is -0.278 e. The Bertz CT molecular complexity index is 2060. The van der Waals surface area contributed by atoms with Crippen LogP contribution in [0.15, 0.2) is 109 Å². The van der Waals surface area contributed by atoms with E-state index in [1.807, 2.05) is 35.7 Å². The van der Waals surface area contributed by atoms with E-state index in [1.165, 1.54) is 20.2 Å². The van der Waals surface area contributed by atoms with Crippen molar-refractivity contribution in [1.29, 1.82) is 0 Å². The number of nitrogens with zero attached hydrogens (tertiary/aromatic N) is 4. The van der Waals surface area contributed by atoms with Crippen molar-refractivity contribution in [3.8, 4) is 11.6 Å². The maximum Gasteiger partial charge on any atom is 0.220 e. The van der Waals surface area contributed by atoms with Gasteiger partial charge in [-0.3, -0.25) is 14.1 Å². The Balaban J connectivity index is 1.64. The lowest BCUT2D eigenvalue weighted by Crippen LogP contribution is -2.05. The first-order valence-electron chi connectivity index (χ1n) is 11.6. The lowest BCUT2D eigenvalue weighted by atomic mass is 10.1. The van der Waals surface area contributed by atoms with Gasteiger partial charge in [0.15, 0.2) is 0 Å². The van der Waals surface area contributed by atoms with E-state index in [1.54, 1.807) is 0 Å². The Kier molecular flexibility index (Phi) is 3.78. The van der Waals surface area contributed by atoms with Crippen molar-refractivity contribution >= 4 is 64.5 Å². The van der Waals surface area contributed by atoms with Crippen molar-refractivity contribution in [2.75, 3.05) is 0 Å². The van der Waals surface area contributed by atoms with Crippen molar-refractivity contribution in [3.63, 3.8) is 0 Å². The highest BCUT2D eigenvalue weighted by molar-refractivity contribution is 7.26. The summed E-state index contributed by atoms with van der Waals surface area (Å²) in [5, 5.41) is 3.67. The lowest BCUT2D eigenvalue weighted by Gasteiger charge is -2.12. The van der Waals surface area contributed by atoms with Gasteiger partial charge in [0.1, 0.15) is 0 Å². The number of aromatic nitrogens is 4. The zero-order valence-electron chi connectivity index (χ0n) is 18.6. The Labute approximate surface area is 204 Å². The Morgan fingerprint density at radius 3 is 2.34 bits per heavy atom. The lowest BCUT2D eigenvalue weighted by molar-refractivity contribution is 0.957. The molecule has 4 heterocycles. The van der Waals surface area contributed by atoms with E-state index in [0.717, 1.165) is 44.6 Å². The standard InChI is InChI=1S/C30H18N4S/c1-2-9-19(10-3-1)33-23-13-6-5-12-22(23)32-30(33)34-24-14-8-18-31-28(24)21-16-17-26-27(29(21)34)20-11-4-7-15-25(20)35-26/h1-18H. The topological polar surface area (TPSA) is 35.6 Å². The van der Waals surface area contributed by atoms with Crippen molar-refractivity contribution in [3.05, 3.63) is 109 Å². The molecule has 35 heavy (non-hydrogen) atoms. The van der Waals surface area contributed by atoms with E-state index in [9.17, 15) is 0 Å². The van der Waals surface area contributed by atoms with Gasteiger partial charge in [-0.25, -0.2) is 4.98 Å². The molecule has 0 aliphatic carbocycles. The molecule has 0 bridgehead atoms. The molecule has 0 aliphatic heterocycles. The van der Waals surface area contributed by atoms with Gasteiger partial charge in [0, 0.05) is 37.4 Å². The fraction of sp³-hybridized carbons (Fsp3) is 0. The predicted molar refractivity (Wildman–Crippen MR) is 146 cm³/mol. The van der Waals surface area contributed by atoms with Crippen LogP contribution >= 0.6 is 11.3 Å². The maximum atomic E-state index is 5.20. The smallest absolute Gasteiger partial charge is 0.220 e. The number of hydrogen-bond acceptors (Lipinski definition) is 3. The molecule has 0 saturated heterocycles. The van der Waals surface area contributed by atoms with Crippen LogP contribution in [0.3, 0.4) is 0 Å². The van der Waals surface area contributed by atoms with Gasteiger partial charge in [0.25, 0.3) is 0 Å². The summed E-state index contributed by atoms with van der Waals surface area (Å²) in [7, 11) is 0. The molecule has 0 aliphatic rings. The largest absolute Gasteiger partial charge is 0.278 e. The number of pyridine rings is 1. The maximum absolute atomic E-state index is 5.20. The van der Waals surface area contributed by atoms with Gasteiger partial charge in [0.2, 0.25) is 5.95 Å². The summed E-state index contributed by atoms with van der Waals surface area (Å²) >= 11 is 1.83. The molecule has 5 heteroatoms. The second-order valence-electron chi connectivity index (χ2n) is 8.71. The molecule has 0 unspecified atom stereocenters. The van der Waals surface area contributed by atoms with E-state index in [-0.39, 0.29) is 0 Å². The Morgan fingerprint density at radius 1 is 0.600 bits per heavy atom. The van der Waals surface area contributed by atoms with Gasteiger partial charge >= 0.3 is 0 Å². The normalized spacial score (nSPS) is 12.0. The number of imidazole rings is 1. The molecule has 4 nitrogen and oxygen atoms in total. The van der Waals surface area contributed by atoms with Gasteiger partial charge in [-0.1, -0.05) is 48.5 Å². The van der Waals surface area contributed by atoms with E-state index in [2.05, 4.69) is 94.1 Å². The van der Waals surface area contributed by atoms with E-state index >= 15 is 0 Å². The molecule has 0 spiro atoms. The first kappa shape index (κ1) is 18.9. The summed E-state index contributed by atoms with van der Waals surface area (Å²) in [5.41, 5.74) is 6.32. The average molecular weight is 467 g/mol. The van der Waals surface area contributed by atoms with Crippen LogP contribution in [0.2, 0.25) is 0 Å². The highest BCUT2D eigenvalue weighted by atomic mass is 32.1. The second kappa shape index (κ2) is 7.01. The van der Waals surface area contributed by atoms with Crippen molar-refractivity contribution in [2.24, 2.45) is 0 Å². The average Bonchev–Trinajstić information content (AvgIpc) is 3.58. The number of hydrogen-bond donors (Lipinski definition) is 0. The van der Waals surface area contributed by atoms with Crippen LogP contribution in [0.1, 0.15) is 0 Å². The highest BCUT2D eigenvalue weighted by Crippen LogP contribution is 2.42. The third kappa shape index (κ3) is 2.56. The fourth-order valence-electron chi connectivity index (χ4n) is 5.33. The SMILES string of the molecule is c1ccc(-n2c(-n3c4cccnc4c4ccc5sc6ccccc6c5c43)nc3ccccc32)cc1. The molecule has 164 valence electrons. The predicted octanol–water partition coefficient (Wildman–Crippen LogP) is 7.89. The van der Waals surface area contributed by atoms with Crippen LogP contribution in [-0.2, 0) is 0 Å². The minimum atomic E-state index is 0.869. The molecule has 0 atom stereocenters. The van der Waals surface area contributed by atoms with Gasteiger partial charge < -0.3 is 0 Å². The van der Waals surface area contributed by atoms with Crippen LogP contribution in [0.4, 0.5) is 0 Å². The summed E-state index contributed by atoms with van der Waals surface area (Å²) in [6.45, 7) is 0. The molecular formula is C30H18N4S. The second-order valence-corrected chi connectivity index (χ2v) is 9.79. The zero-order chi connectivity index (χ0) is 22.9. The summed E-state index contributed by atoms with van der Waals surface area (Å²) in [6, 6.07) is 36.1. The Morgan fingerprint density at radius 2 is 1.40 bits per heavy atom. The Hall–Kier alpha value is -4.48. The number of benzene rings is 4. The number of thiophene rings is 1. The molecule has 0 amide bonds. The van der Waals surface area contributed by atoms with Crippen LogP contribution in [0.25, 0.3) is 64.8 Å². The van der Waals surface area contributed by atoms with Crippen LogP contribution < -0.4 is 0 Å². The summed E-state index contributed by atoms with van der Waals surface area (Å²) < 4.78 is 7.13. The minimum absolute atomic E-state index is 0.869. The van der Waals surface area contributed by atoms with E-state index < -0.39 is 0 Å². The molecule has 0 fully saturated rings. The quantitative estimate of drug-likeness (QED) is 0.260. The van der Waals surface area contributed by atoms with E-state index in [4.69, 9.17) is 9.97 Å². The first-order valence-corrected chi connectivity index (χ1v) is 12.4. The summed E-state index contributed by atoms with van der Waals surface area (Å²) in [6.07, 6.45) is 1.88. The van der Waals surface area contributed by atoms with Crippen LogP contribution in [-0.4, -0.2) is 19.1 Å². The fourth-order valence-corrected chi connectivity index (χ4v) is 6.44. The van der Waals surface area contributed by atoms with Crippen LogP contribution in [0.5, 0.6) is 0 Å². The third-order valence-corrected chi connectivity index (χ3v) is 7.92. The molecule has 8 aromatic rings. The van der Waals surface area contributed by atoms with Crippen LogP contribution in [0, 0.1) is 0 Å². The number of rotatable bonds is 2. The molecule has 4 aromatic heterocycles. The molecule has 0 radical (unpaired) electrons. The van der Waals surface area contributed by atoms with Crippen molar-refractivity contribution in [1.82, 2.24) is 19.1 Å². The summed E-state index contributed by atoms with van der Waals surface area (Å²) in [4.78, 5) is 10.0. The number of fused-ring (bicyclic) bond motifs is 8. The monoisotopic (exact) mass is 466 g/mol. The molecule has 0 saturated carbocycles. The number of para-hydroxylation sites is 3. The third-order valence-electron chi connectivity index (χ3n) is 6.78. The van der Waals surface area contributed by atoms with Gasteiger partial charge in [0.05, 0.1) is 27.6 Å². The van der Waals surface area contributed by atoms with Crippen molar-refractivity contribution < 1.29 is 0 Å². The summed E-state index contributed by atoms with van der Waals surface area (Å²) in [5.74, 6) is 0.869. The van der Waals surface area contributed by atoms with Gasteiger partial charge in [-0.2, -0.15) is 0 Å². The van der Waals surface area contributed by atoms with E-state index in [0.29, 0.717) is 0 Å². The molecule has 8 rings (SSSR count). The first-order chi connectivity index (χ1) is 17.4. The van der Waals surface area contributed by atoms with Crippen molar-refractivity contribution in [2.45, 2.75) is 0 Å². The van der Waals surface area contributed by atoms with Gasteiger partial charge in [-0.05, 0) is 54.6 Å². The van der Waals surface area contributed by atoms with Gasteiger partial charge in [-0.15, -0.1) is 11.3 Å². The highest BCUT2D eigenvalue weighted by Gasteiger charge is 2.23. The molecule has 4 aromatic carbocycles. The molecular weight excluding hydrogens is 448 g/mol. The molecule has 0 N–H and O–H groups in total. The zero-order valence-corrected chi connectivity index (χ0v) is 19.4.